The van der Waals surface area contributed by atoms with Gasteiger partial charge in [-0.3, -0.25) is 4.68 Å². The maximum atomic E-state index is 12.3. The number of aryl methyl sites for hydroxylation is 1. The normalized spacial score (nSPS) is 17.6. The van der Waals surface area contributed by atoms with Gasteiger partial charge in [0.15, 0.2) is 0 Å². The van der Waals surface area contributed by atoms with E-state index >= 15 is 0 Å². The molecule has 1 unspecified atom stereocenters. The maximum absolute atomic E-state index is 12.3. The highest BCUT2D eigenvalue weighted by atomic mass is 35.5. The van der Waals surface area contributed by atoms with Crippen LogP contribution in [0.4, 0.5) is 0 Å². The molecule has 0 aromatic carbocycles. The summed E-state index contributed by atoms with van der Waals surface area (Å²) in [6, 6.07) is -0.0970. The van der Waals surface area contributed by atoms with Gasteiger partial charge in [-0.15, -0.1) is 12.4 Å². The van der Waals surface area contributed by atoms with Crippen molar-refractivity contribution in [3.8, 4) is 0 Å². The Kier molecular flexibility index (Phi) is 4.77. The van der Waals surface area contributed by atoms with Gasteiger partial charge in [0.05, 0.1) is 6.20 Å². The van der Waals surface area contributed by atoms with Crippen molar-refractivity contribution in [3.05, 3.63) is 12.4 Å². The molecule has 1 aromatic heterocycles. The Morgan fingerprint density at radius 2 is 2.22 bits per heavy atom. The number of rotatable bonds is 5. The van der Waals surface area contributed by atoms with Crippen molar-refractivity contribution in [2.45, 2.75) is 23.8 Å². The minimum atomic E-state index is -3.46. The number of hydrogen-bond donors (Lipinski definition) is 1. The molecule has 1 heterocycles. The van der Waals surface area contributed by atoms with E-state index < -0.39 is 10.0 Å². The molecule has 104 valence electrons. The van der Waals surface area contributed by atoms with Crippen LogP contribution < -0.4 is 5.73 Å². The summed E-state index contributed by atoms with van der Waals surface area (Å²) in [5.41, 5.74) is 5.67. The molecule has 0 aliphatic heterocycles. The highest BCUT2D eigenvalue weighted by Crippen LogP contribution is 2.36. The van der Waals surface area contributed by atoms with Gasteiger partial charge in [-0.1, -0.05) is 0 Å². The van der Waals surface area contributed by atoms with Crippen LogP contribution in [0.15, 0.2) is 17.3 Å². The number of nitrogens with zero attached hydrogens (tertiary/aromatic N) is 3. The van der Waals surface area contributed by atoms with Crippen molar-refractivity contribution >= 4 is 22.4 Å². The zero-order valence-corrected chi connectivity index (χ0v) is 12.1. The highest BCUT2D eigenvalue weighted by Gasteiger charge is 2.38. The monoisotopic (exact) mass is 294 g/mol. The third-order valence-corrected chi connectivity index (χ3v) is 5.07. The molecule has 1 atom stereocenters. The molecule has 1 saturated carbocycles. The number of nitrogens with two attached hydrogens (primary N) is 1. The van der Waals surface area contributed by atoms with E-state index in [2.05, 4.69) is 5.10 Å². The fraction of sp³-hybridized carbons (Fsp3) is 0.700. The number of hydrogen-bond acceptors (Lipinski definition) is 4. The highest BCUT2D eigenvalue weighted by molar-refractivity contribution is 7.89. The number of sulfonamides is 1. The summed E-state index contributed by atoms with van der Waals surface area (Å²) < 4.78 is 27.5. The summed E-state index contributed by atoms with van der Waals surface area (Å²) in [5, 5.41) is 3.89. The van der Waals surface area contributed by atoms with Crippen LogP contribution in [-0.4, -0.2) is 42.1 Å². The molecule has 18 heavy (non-hydrogen) atoms. The SMILES string of the molecule is CN(C(CN)C1CC1)S(=O)(=O)c1cnn(C)c1.Cl. The van der Waals surface area contributed by atoms with Crippen LogP contribution in [0.3, 0.4) is 0 Å². The van der Waals surface area contributed by atoms with Crippen LogP contribution in [0, 0.1) is 5.92 Å². The van der Waals surface area contributed by atoms with E-state index in [1.807, 2.05) is 0 Å². The van der Waals surface area contributed by atoms with Crippen LogP contribution in [0.1, 0.15) is 12.8 Å². The molecule has 2 N–H and O–H groups in total. The summed E-state index contributed by atoms with van der Waals surface area (Å²) in [6.45, 7) is 0.362. The van der Waals surface area contributed by atoms with Gasteiger partial charge in [-0.2, -0.15) is 9.40 Å². The Balaban J connectivity index is 0.00000162. The van der Waals surface area contributed by atoms with Crippen LogP contribution >= 0.6 is 12.4 Å². The molecule has 2 rings (SSSR count). The minimum absolute atomic E-state index is 0. The van der Waals surface area contributed by atoms with E-state index in [4.69, 9.17) is 5.73 Å². The second kappa shape index (κ2) is 5.56. The molecular formula is C10H19ClN4O2S. The lowest BCUT2D eigenvalue weighted by Gasteiger charge is -2.25. The number of aromatic nitrogens is 2. The van der Waals surface area contributed by atoms with Crippen LogP contribution in [0.5, 0.6) is 0 Å². The van der Waals surface area contributed by atoms with Gasteiger partial charge in [0, 0.05) is 32.9 Å². The standard InChI is InChI=1S/C10H18N4O2S.ClH/c1-13-7-9(6-12-13)17(15,16)14(2)10(5-11)8-3-4-8;/h6-8,10H,3-5,11H2,1-2H3;1H. The van der Waals surface area contributed by atoms with E-state index in [-0.39, 0.29) is 23.3 Å². The van der Waals surface area contributed by atoms with Crippen LogP contribution in [-0.2, 0) is 17.1 Å². The topological polar surface area (TPSA) is 81.2 Å². The van der Waals surface area contributed by atoms with Crippen LogP contribution in [0.2, 0.25) is 0 Å². The molecule has 0 radical (unpaired) electrons. The second-order valence-electron chi connectivity index (χ2n) is 4.51. The summed E-state index contributed by atoms with van der Waals surface area (Å²) in [5.74, 6) is 0.413. The quantitative estimate of drug-likeness (QED) is 0.841. The first-order valence-corrected chi connectivity index (χ1v) is 7.07. The largest absolute Gasteiger partial charge is 0.329 e. The van der Waals surface area contributed by atoms with Gasteiger partial charge >= 0.3 is 0 Å². The molecule has 1 aromatic rings. The van der Waals surface area contributed by atoms with Crippen LogP contribution in [0.25, 0.3) is 0 Å². The molecule has 1 aliphatic carbocycles. The van der Waals surface area contributed by atoms with Gasteiger partial charge in [0.25, 0.3) is 0 Å². The third-order valence-electron chi connectivity index (χ3n) is 3.23. The summed E-state index contributed by atoms with van der Waals surface area (Å²) in [4.78, 5) is 0.224. The first-order valence-electron chi connectivity index (χ1n) is 5.63. The predicted octanol–water partition coefficient (Wildman–Crippen LogP) is 0.200. The fourth-order valence-corrected chi connectivity index (χ4v) is 3.41. The van der Waals surface area contributed by atoms with E-state index in [1.165, 1.54) is 21.4 Å². The Morgan fingerprint density at radius 3 is 2.61 bits per heavy atom. The molecule has 0 spiro atoms. The Morgan fingerprint density at radius 1 is 1.61 bits per heavy atom. The lowest BCUT2D eigenvalue weighted by Crippen LogP contribution is -2.43. The van der Waals surface area contributed by atoms with E-state index in [0.717, 1.165) is 12.8 Å². The van der Waals surface area contributed by atoms with E-state index in [0.29, 0.717) is 12.5 Å². The molecule has 1 aliphatic rings. The third kappa shape index (κ3) is 2.85. The lowest BCUT2D eigenvalue weighted by molar-refractivity contribution is 0.340. The first kappa shape index (κ1) is 15.4. The second-order valence-corrected chi connectivity index (χ2v) is 6.51. The van der Waals surface area contributed by atoms with Gasteiger partial charge in [-0.05, 0) is 18.8 Å². The van der Waals surface area contributed by atoms with Crippen molar-refractivity contribution < 1.29 is 8.42 Å². The summed E-state index contributed by atoms with van der Waals surface area (Å²) >= 11 is 0. The first-order chi connectivity index (χ1) is 7.96. The smallest absolute Gasteiger partial charge is 0.246 e. The molecule has 6 nitrogen and oxygen atoms in total. The van der Waals surface area contributed by atoms with Crippen molar-refractivity contribution in [1.82, 2.24) is 14.1 Å². The Hall–Kier alpha value is -0.630. The molecular weight excluding hydrogens is 276 g/mol. The van der Waals surface area contributed by atoms with Crippen molar-refractivity contribution in [3.63, 3.8) is 0 Å². The fourth-order valence-electron chi connectivity index (χ4n) is 2.00. The number of halogens is 1. The predicted molar refractivity (Wildman–Crippen MR) is 71.0 cm³/mol. The van der Waals surface area contributed by atoms with Crippen molar-refractivity contribution in [2.75, 3.05) is 13.6 Å². The number of likely N-dealkylation sites (N-methyl/N-ethyl adjacent to an activating group) is 1. The van der Waals surface area contributed by atoms with Crippen molar-refractivity contribution in [1.29, 1.82) is 0 Å². The summed E-state index contributed by atoms with van der Waals surface area (Å²) in [7, 11) is -0.174. The zero-order valence-electron chi connectivity index (χ0n) is 10.5. The van der Waals surface area contributed by atoms with Gasteiger partial charge in [0.2, 0.25) is 10.0 Å². The molecule has 1 fully saturated rings. The molecule has 0 amide bonds. The molecule has 0 bridgehead atoms. The molecule has 8 heteroatoms. The average Bonchev–Trinajstić information content (AvgIpc) is 3.01. The Bertz CT molecular complexity index is 498. The van der Waals surface area contributed by atoms with Crippen molar-refractivity contribution in [2.24, 2.45) is 18.7 Å². The van der Waals surface area contributed by atoms with E-state index in [9.17, 15) is 8.42 Å². The lowest BCUT2D eigenvalue weighted by atomic mass is 10.2. The maximum Gasteiger partial charge on any atom is 0.246 e. The molecule has 0 saturated heterocycles. The van der Waals surface area contributed by atoms with Gasteiger partial charge in [-0.25, -0.2) is 8.42 Å². The van der Waals surface area contributed by atoms with Gasteiger partial charge in [0.1, 0.15) is 4.90 Å². The van der Waals surface area contributed by atoms with E-state index in [1.54, 1.807) is 14.1 Å². The average molecular weight is 295 g/mol. The Labute approximate surface area is 114 Å². The van der Waals surface area contributed by atoms with Gasteiger partial charge < -0.3 is 5.73 Å². The summed E-state index contributed by atoms with van der Waals surface area (Å²) in [6.07, 6.45) is 5.00. The zero-order chi connectivity index (χ0) is 12.6. The minimum Gasteiger partial charge on any atom is -0.329 e.